The normalized spacial score (nSPS) is 22.1. The van der Waals surface area contributed by atoms with Crippen molar-refractivity contribution in [1.82, 2.24) is 10.2 Å². The van der Waals surface area contributed by atoms with E-state index in [9.17, 15) is 19.5 Å². The van der Waals surface area contributed by atoms with Crippen molar-refractivity contribution in [3.8, 4) is 11.1 Å². The third-order valence-corrected chi connectivity index (χ3v) is 7.71. The van der Waals surface area contributed by atoms with Crippen LogP contribution in [0.25, 0.3) is 11.1 Å². The minimum absolute atomic E-state index is 0.0249. The number of hydrogen-bond donors (Lipinski definition) is 2. The van der Waals surface area contributed by atoms with Crippen LogP contribution in [0.2, 0.25) is 0 Å². The zero-order chi connectivity index (χ0) is 23.9. The number of carbonyl (C=O) groups excluding carboxylic acids is 2. The number of amides is 2. The Morgan fingerprint density at radius 1 is 1.09 bits per heavy atom. The molecule has 1 heterocycles. The standard InChI is InChI=1S/C27H30N2O5/c1-2-27(25(31)32)14-7-15-29(27)24(30)23(17-12-13-17)28-26(33)34-16-22-20-10-5-3-8-18(20)19-9-4-6-11-21(19)22/h3-6,8-11,17,22-23H,2,7,12-16H2,1H3,(H,28,33)(H,31,32). The lowest BCUT2D eigenvalue weighted by Crippen LogP contribution is -2.58. The van der Waals surface area contributed by atoms with Crippen molar-refractivity contribution in [3.05, 3.63) is 59.7 Å². The molecule has 7 nitrogen and oxygen atoms in total. The minimum Gasteiger partial charge on any atom is -0.479 e. The summed E-state index contributed by atoms with van der Waals surface area (Å²) in [5, 5.41) is 12.6. The number of carboxylic acids is 1. The molecule has 0 aromatic heterocycles. The lowest BCUT2D eigenvalue weighted by molar-refractivity contribution is -0.157. The summed E-state index contributed by atoms with van der Waals surface area (Å²) < 4.78 is 5.65. The van der Waals surface area contributed by atoms with Crippen LogP contribution in [0.15, 0.2) is 48.5 Å². The molecule has 0 spiro atoms. The van der Waals surface area contributed by atoms with Crippen molar-refractivity contribution < 1.29 is 24.2 Å². The van der Waals surface area contributed by atoms with Crippen molar-refractivity contribution in [2.45, 2.75) is 56.5 Å². The van der Waals surface area contributed by atoms with E-state index in [0.29, 0.717) is 25.8 Å². The van der Waals surface area contributed by atoms with Gasteiger partial charge in [0.05, 0.1) is 0 Å². The Bertz CT molecular complexity index is 1080. The molecule has 2 unspecified atom stereocenters. The van der Waals surface area contributed by atoms with E-state index in [2.05, 4.69) is 29.6 Å². The summed E-state index contributed by atoms with van der Waals surface area (Å²) in [5.41, 5.74) is 3.36. The lowest BCUT2D eigenvalue weighted by atomic mass is 9.92. The van der Waals surface area contributed by atoms with Crippen molar-refractivity contribution in [3.63, 3.8) is 0 Å². The molecule has 0 radical (unpaired) electrons. The van der Waals surface area contributed by atoms with Crippen LogP contribution in [0.5, 0.6) is 0 Å². The molecule has 1 aliphatic heterocycles. The van der Waals surface area contributed by atoms with Gasteiger partial charge in [-0.1, -0.05) is 55.5 Å². The SMILES string of the molecule is CCC1(C(=O)O)CCCN1C(=O)C(NC(=O)OCC1c2ccccc2-c2ccccc21)C1CC1. The number of carboxylic acid groups (broad SMARTS) is 1. The maximum Gasteiger partial charge on any atom is 0.407 e. The first-order valence-corrected chi connectivity index (χ1v) is 12.1. The van der Waals surface area contributed by atoms with E-state index in [4.69, 9.17) is 4.74 Å². The molecule has 0 bridgehead atoms. The molecule has 2 N–H and O–H groups in total. The average molecular weight is 463 g/mol. The van der Waals surface area contributed by atoms with E-state index in [0.717, 1.165) is 35.1 Å². The van der Waals surface area contributed by atoms with Gasteiger partial charge in [-0.3, -0.25) is 4.79 Å². The van der Waals surface area contributed by atoms with E-state index in [1.54, 1.807) is 6.92 Å². The molecule has 1 saturated heterocycles. The number of rotatable bonds is 7. The minimum atomic E-state index is -1.19. The number of alkyl carbamates (subject to hydrolysis) is 1. The van der Waals surface area contributed by atoms with Crippen LogP contribution < -0.4 is 5.32 Å². The number of ether oxygens (including phenoxy) is 1. The van der Waals surface area contributed by atoms with Gasteiger partial charge in [0, 0.05) is 12.5 Å². The summed E-state index contributed by atoms with van der Waals surface area (Å²) in [4.78, 5) is 39.8. The van der Waals surface area contributed by atoms with Crippen LogP contribution in [0.3, 0.4) is 0 Å². The first-order chi connectivity index (χ1) is 16.5. The second-order valence-corrected chi connectivity index (χ2v) is 9.57. The number of likely N-dealkylation sites (tertiary alicyclic amines) is 1. The van der Waals surface area contributed by atoms with Crippen LogP contribution in [-0.2, 0) is 14.3 Å². The number of carbonyl (C=O) groups is 3. The quantitative estimate of drug-likeness (QED) is 0.644. The topological polar surface area (TPSA) is 95.9 Å². The fraction of sp³-hybridized carbons (Fsp3) is 0.444. The summed E-state index contributed by atoms with van der Waals surface area (Å²) >= 11 is 0. The zero-order valence-corrected chi connectivity index (χ0v) is 19.3. The Morgan fingerprint density at radius 2 is 1.71 bits per heavy atom. The molecular formula is C27H30N2O5. The first-order valence-electron chi connectivity index (χ1n) is 12.1. The zero-order valence-electron chi connectivity index (χ0n) is 19.3. The highest BCUT2D eigenvalue weighted by molar-refractivity contribution is 5.92. The molecule has 34 heavy (non-hydrogen) atoms. The van der Waals surface area contributed by atoms with Crippen LogP contribution >= 0.6 is 0 Å². The van der Waals surface area contributed by atoms with Crippen LogP contribution in [0.4, 0.5) is 4.79 Å². The van der Waals surface area contributed by atoms with Gasteiger partial charge in [0.25, 0.3) is 0 Å². The van der Waals surface area contributed by atoms with Gasteiger partial charge in [0.1, 0.15) is 18.2 Å². The van der Waals surface area contributed by atoms with Gasteiger partial charge >= 0.3 is 12.1 Å². The monoisotopic (exact) mass is 462 g/mol. The van der Waals surface area contributed by atoms with Gasteiger partial charge in [-0.05, 0) is 60.3 Å². The molecule has 2 aromatic rings. The fourth-order valence-corrected chi connectivity index (χ4v) is 5.69. The van der Waals surface area contributed by atoms with E-state index in [1.807, 2.05) is 24.3 Å². The van der Waals surface area contributed by atoms with Gasteiger partial charge in [0.2, 0.25) is 5.91 Å². The predicted molar refractivity (Wildman–Crippen MR) is 126 cm³/mol. The highest BCUT2D eigenvalue weighted by Crippen LogP contribution is 2.44. The fourth-order valence-electron chi connectivity index (χ4n) is 5.69. The second-order valence-electron chi connectivity index (χ2n) is 9.57. The highest BCUT2D eigenvalue weighted by atomic mass is 16.5. The van der Waals surface area contributed by atoms with Crippen molar-refractivity contribution in [2.24, 2.45) is 5.92 Å². The number of benzene rings is 2. The first kappa shape index (κ1) is 22.4. The Balaban J connectivity index is 1.28. The lowest BCUT2D eigenvalue weighted by Gasteiger charge is -2.36. The number of nitrogens with one attached hydrogen (secondary N) is 1. The van der Waals surface area contributed by atoms with E-state index in [-0.39, 0.29) is 24.3 Å². The summed E-state index contributed by atoms with van der Waals surface area (Å²) in [6, 6.07) is 15.5. The predicted octanol–water partition coefficient (Wildman–Crippen LogP) is 4.16. The molecule has 1 saturated carbocycles. The molecule has 2 aromatic carbocycles. The highest BCUT2D eigenvalue weighted by Gasteiger charge is 2.52. The maximum atomic E-state index is 13.4. The van der Waals surface area contributed by atoms with Crippen molar-refractivity contribution in [2.75, 3.05) is 13.2 Å². The molecule has 2 atom stereocenters. The number of fused-ring (bicyclic) bond motifs is 3. The molecule has 7 heteroatoms. The number of aliphatic carboxylic acids is 1. The summed E-state index contributed by atoms with van der Waals surface area (Å²) in [6.45, 7) is 2.36. The van der Waals surface area contributed by atoms with Gasteiger partial charge in [-0.2, -0.15) is 0 Å². The molecule has 2 amide bonds. The summed E-state index contributed by atoms with van der Waals surface area (Å²) in [6.07, 6.45) is 2.46. The van der Waals surface area contributed by atoms with Gasteiger partial charge in [0.15, 0.2) is 0 Å². The number of hydrogen-bond acceptors (Lipinski definition) is 4. The van der Waals surface area contributed by atoms with Gasteiger partial charge in [-0.25, -0.2) is 9.59 Å². The van der Waals surface area contributed by atoms with Gasteiger partial charge in [-0.15, -0.1) is 0 Å². The smallest absolute Gasteiger partial charge is 0.407 e. The molecule has 3 aliphatic rings. The maximum absolute atomic E-state index is 13.4. The van der Waals surface area contributed by atoms with Crippen molar-refractivity contribution in [1.29, 1.82) is 0 Å². The molecular weight excluding hydrogens is 432 g/mol. The Labute approximate surface area is 199 Å². The van der Waals surface area contributed by atoms with Crippen LogP contribution in [0.1, 0.15) is 56.1 Å². The van der Waals surface area contributed by atoms with Crippen molar-refractivity contribution >= 4 is 18.0 Å². The summed E-state index contributed by atoms with van der Waals surface area (Å²) in [5.74, 6) is -1.32. The Kier molecular flexibility index (Phi) is 5.80. The summed E-state index contributed by atoms with van der Waals surface area (Å²) in [7, 11) is 0. The van der Waals surface area contributed by atoms with E-state index in [1.165, 1.54) is 4.90 Å². The third-order valence-electron chi connectivity index (χ3n) is 7.71. The molecule has 178 valence electrons. The van der Waals surface area contributed by atoms with Crippen LogP contribution in [0, 0.1) is 5.92 Å². The third kappa shape index (κ3) is 3.73. The second kappa shape index (κ2) is 8.78. The Hall–Kier alpha value is -3.35. The molecule has 2 fully saturated rings. The average Bonchev–Trinajstić information content (AvgIpc) is 3.51. The van der Waals surface area contributed by atoms with Crippen LogP contribution in [-0.4, -0.2) is 52.7 Å². The largest absolute Gasteiger partial charge is 0.479 e. The number of nitrogens with zero attached hydrogens (tertiary/aromatic N) is 1. The molecule has 2 aliphatic carbocycles. The van der Waals surface area contributed by atoms with E-state index < -0.39 is 23.6 Å². The Morgan fingerprint density at radius 3 is 2.26 bits per heavy atom. The van der Waals surface area contributed by atoms with Gasteiger partial charge < -0.3 is 20.1 Å². The van der Waals surface area contributed by atoms with E-state index >= 15 is 0 Å². The molecule has 5 rings (SSSR count).